The van der Waals surface area contributed by atoms with Gasteiger partial charge in [-0.2, -0.15) is 13.2 Å². The smallest absolute Gasteiger partial charge is 0.414 e. The molecule has 112 valence electrons. The maximum atomic E-state index is 12.2. The number of nitrogens with one attached hydrogen (secondary N) is 1. The minimum atomic E-state index is -4.37. The average Bonchev–Trinajstić information content (AvgIpc) is 3.06. The lowest BCUT2D eigenvalue weighted by molar-refractivity contribution is -0.214. The van der Waals surface area contributed by atoms with Crippen LogP contribution in [0.1, 0.15) is 39.5 Å². The Hall–Kier alpha value is -0.820. The largest absolute Gasteiger partial charge is 0.480 e. The molecule has 0 radical (unpaired) electrons. The van der Waals surface area contributed by atoms with E-state index in [2.05, 4.69) is 10.1 Å². The molecule has 1 fully saturated rings. The third-order valence-electron chi connectivity index (χ3n) is 3.22. The molecule has 0 aromatic rings. The quantitative estimate of drug-likeness (QED) is 0.671. The van der Waals surface area contributed by atoms with Gasteiger partial charge in [-0.1, -0.05) is 0 Å². The number of carbonyl (C=O) groups is 1. The van der Waals surface area contributed by atoms with Crippen LogP contribution in [0.4, 0.5) is 13.2 Å². The molecule has 19 heavy (non-hydrogen) atoms. The lowest BCUT2D eigenvalue weighted by Crippen LogP contribution is -2.50. The van der Waals surface area contributed by atoms with Crippen molar-refractivity contribution in [1.29, 1.82) is 0 Å². The van der Waals surface area contributed by atoms with Crippen LogP contribution in [0.5, 0.6) is 0 Å². The van der Waals surface area contributed by atoms with Crippen LogP contribution in [-0.4, -0.2) is 41.5 Å². The summed E-state index contributed by atoms with van der Waals surface area (Å²) in [5.74, 6) is -0.983. The Morgan fingerprint density at radius 2 is 2.05 bits per heavy atom. The molecule has 0 heterocycles. The molecule has 0 bridgehead atoms. The average molecular weight is 283 g/mol. The van der Waals surface area contributed by atoms with Crippen LogP contribution in [0, 0.1) is 0 Å². The minimum Gasteiger partial charge on any atom is -0.480 e. The molecule has 1 rings (SSSR count). The summed E-state index contributed by atoms with van der Waals surface area (Å²) < 4.78 is 41.2. The van der Waals surface area contributed by atoms with Gasteiger partial charge in [-0.15, -0.1) is 0 Å². The van der Waals surface area contributed by atoms with Gasteiger partial charge in [0.05, 0.1) is 0 Å². The SMILES string of the molecule is CC(OCCCC(C)(NC1CC1)C(=O)O)C(F)(F)F. The molecule has 2 atom stereocenters. The monoisotopic (exact) mass is 283 g/mol. The van der Waals surface area contributed by atoms with Gasteiger partial charge in [-0.05, 0) is 39.5 Å². The van der Waals surface area contributed by atoms with E-state index in [1.807, 2.05) is 0 Å². The number of rotatable bonds is 8. The molecule has 0 aromatic carbocycles. The molecule has 0 spiro atoms. The third-order valence-corrected chi connectivity index (χ3v) is 3.22. The second-order valence-corrected chi connectivity index (χ2v) is 5.21. The van der Waals surface area contributed by atoms with Crippen molar-refractivity contribution in [1.82, 2.24) is 5.32 Å². The molecule has 7 heteroatoms. The zero-order valence-corrected chi connectivity index (χ0v) is 11.1. The molecule has 1 aliphatic carbocycles. The normalized spacial score (nSPS) is 20.9. The van der Waals surface area contributed by atoms with E-state index in [1.54, 1.807) is 6.92 Å². The predicted octanol–water partition coefficient (Wildman–Crippen LogP) is 2.33. The van der Waals surface area contributed by atoms with Crippen LogP contribution in [0.3, 0.4) is 0 Å². The van der Waals surface area contributed by atoms with E-state index in [0.717, 1.165) is 19.8 Å². The van der Waals surface area contributed by atoms with Crippen molar-refractivity contribution in [3.05, 3.63) is 0 Å². The third kappa shape index (κ3) is 5.36. The lowest BCUT2D eigenvalue weighted by Gasteiger charge is -2.26. The van der Waals surface area contributed by atoms with Gasteiger partial charge < -0.3 is 9.84 Å². The summed E-state index contributed by atoms with van der Waals surface area (Å²) in [6.45, 7) is 2.40. The molecule has 2 unspecified atom stereocenters. The summed E-state index contributed by atoms with van der Waals surface area (Å²) in [4.78, 5) is 11.2. The van der Waals surface area contributed by atoms with Gasteiger partial charge >= 0.3 is 12.1 Å². The first-order valence-electron chi connectivity index (χ1n) is 6.34. The van der Waals surface area contributed by atoms with E-state index in [4.69, 9.17) is 5.11 Å². The number of halogens is 3. The van der Waals surface area contributed by atoms with Gasteiger partial charge in [0.2, 0.25) is 0 Å². The van der Waals surface area contributed by atoms with E-state index in [9.17, 15) is 18.0 Å². The van der Waals surface area contributed by atoms with E-state index < -0.39 is 23.8 Å². The molecule has 2 N–H and O–H groups in total. The molecule has 1 aliphatic rings. The van der Waals surface area contributed by atoms with Gasteiger partial charge in [-0.3, -0.25) is 10.1 Å². The molecule has 0 aliphatic heterocycles. The minimum absolute atomic E-state index is 0.101. The molecule has 0 aromatic heterocycles. The maximum Gasteiger partial charge on any atom is 0.414 e. The van der Waals surface area contributed by atoms with Crippen LogP contribution < -0.4 is 5.32 Å². The summed E-state index contributed by atoms with van der Waals surface area (Å²) in [5, 5.41) is 12.2. The van der Waals surface area contributed by atoms with Crippen LogP contribution in [0.2, 0.25) is 0 Å². The Bertz CT molecular complexity index is 318. The maximum absolute atomic E-state index is 12.2. The number of carboxylic acids is 1. The Labute approximate surface area is 110 Å². The number of alkyl halides is 3. The van der Waals surface area contributed by atoms with Crippen LogP contribution in [0.15, 0.2) is 0 Å². The topological polar surface area (TPSA) is 58.6 Å². The van der Waals surface area contributed by atoms with Crippen molar-refractivity contribution >= 4 is 5.97 Å². The highest BCUT2D eigenvalue weighted by molar-refractivity contribution is 5.78. The molecule has 0 amide bonds. The zero-order valence-electron chi connectivity index (χ0n) is 11.1. The Kier molecular flexibility index (Phi) is 5.20. The zero-order chi connectivity index (χ0) is 14.7. The number of carboxylic acid groups (broad SMARTS) is 1. The lowest BCUT2D eigenvalue weighted by atomic mass is 9.96. The second kappa shape index (κ2) is 6.09. The highest BCUT2D eigenvalue weighted by Crippen LogP contribution is 2.26. The van der Waals surface area contributed by atoms with E-state index >= 15 is 0 Å². The molecule has 1 saturated carbocycles. The predicted molar refractivity (Wildman–Crippen MR) is 62.9 cm³/mol. The van der Waals surface area contributed by atoms with E-state index in [0.29, 0.717) is 0 Å². The molecular formula is C12H20F3NO3. The van der Waals surface area contributed by atoms with Crippen molar-refractivity contribution in [2.75, 3.05) is 6.61 Å². The second-order valence-electron chi connectivity index (χ2n) is 5.21. The van der Waals surface area contributed by atoms with Crippen LogP contribution in [0.25, 0.3) is 0 Å². The van der Waals surface area contributed by atoms with Gasteiger partial charge in [0.15, 0.2) is 6.10 Å². The van der Waals surface area contributed by atoms with Crippen LogP contribution in [-0.2, 0) is 9.53 Å². The summed E-state index contributed by atoms with van der Waals surface area (Å²) in [6, 6.07) is 0.219. The number of aliphatic carboxylic acids is 1. The molecule has 4 nitrogen and oxygen atoms in total. The number of hydrogen-bond acceptors (Lipinski definition) is 3. The Morgan fingerprint density at radius 1 is 1.47 bits per heavy atom. The van der Waals surface area contributed by atoms with Gasteiger partial charge in [0.1, 0.15) is 5.54 Å². The standard InChI is InChI=1S/C12H20F3NO3/c1-8(12(13,14)15)19-7-3-6-11(2,10(17)18)16-9-4-5-9/h8-9,16H,3-7H2,1-2H3,(H,17,18). The van der Waals surface area contributed by atoms with Crippen molar-refractivity contribution in [3.8, 4) is 0 Å². The fourth-order valence-electron chi connectivity index (χ4n) is 1.70. The van der Waals surface area contributed by atoms with E-state index in [-0.39, 0.29) is 25.5 Å². The molecular weight excluding hydrogens is 263 g/mol. The fraction of sp³-hybridized carbons (Fsp3) is 0.917. The summed E-state index contributed by atoms with van der Waals surface area (Å²) in [7, 11) is 0. The first-order chi connectivity index (χ1) is 8.65. The summed E-state index contributed by atoms with van der Waals surface area (Å²) in [6.07, 6.45) is -3.79. The summed E-state index contributed by atoms with van der Waals surface area (Å²) in [5.41, 5.74) is -1.09. The van der Waals surface area contributed by atoms with Crippen molar-refractivity contribution in [3.63, 3.8) is 0 Å². The first kappa shape index (κ1) is 16.2. The Morgan fingerprint density at radius 3 is 2.47 bits per heavy atom. The molecule has 0 saturated heterocycles. The van der Waals surface area contributed by atoms with E-state index in [1.165, 1.54) is 0 Å². The van der Waals surface area contributed by atoms with Gasteiger partial charge in [0.25, 0.3) is 0 Å². The number of ether oxygens (including phenoxy) is 1. The van der Waals surface area contributed by atoms with Crippen molar-refractivity contribution in [2.24, 2.45) is 0 Å². The van der Waals surface area contributed by atoms with Crippen molar-refractivity contribution < 1.29 is 27.8 Å². The fourth-order valence-corrected chi connectivity index (χ4v) is 1.70. The number of hydrogen-bond donors (Lipinski definition) is 2. The van der Waals surface area contributed by atoms with Gasteiger partial charge in [-0.25, -0.2) is 0 Å². The van der Waals surface area contributed by atoms with Crippen LogP contribution >= 0.6 is 0 Å². The highest BCUT2D eigenvalue weighted by atomic mass is 19.4. The first-order valence-corrected chi connectivity index (χ1v) is 6.34. The van der Waals surface area contributed by atoms with Crippen molar-refractivity contribution in [2.45, 2.75) is 63.4 Å². The Balaban J connectivity index is 2.30. The highest BCUT2D eigenvalue weighted by Gasteiger charge is 2.39. The summed E-state index contributed by atoms with van der Waals surface area (Å²) >= 11 is 0. The van der Waals surface area contributed by atoms with Gasteiger partial charge in [0, 0.05) is 12.6 Å².